The van der Waals surface area contributed by atoms with E-state index < -0.39 is 0 Å². The lowest BCUT2D eigenvalue weighted by Gasteiger charge is -2.04. The third kappa shape index (κ3) is 2.96. The molecule has 3 aromatic heterocycles. The zero-order valence-electron chi connectivity index (χ0n) is 13.9. The van der Waals surface area contributed by atoms with E-state index >= 15 is 0 Å². The fourth-order valence-corrected chi connectivity index (χ4v) is 3.49. The van der Waals surface area contributed by atoms with Gasteiger partial charge in [0, 0.05) is 18.0 Å². The molecular weight excluding hydrogens is 332 g/mol. The van der Waals surface area contributed by atoms with Crippen molar-refractivity contribution in [3.8, 4) is 11.4 Å². The molecule has 6 heteroatoms. The number of hydrogen-bond acceptors (Lipinski definition) is 5. The number of pyridine rings is 1. The van der Waals surface area contributed by atoms with Crippen molar-refractivity contribution in [1.82, 2.24) is 19.6 Å². The summed E-state index contributed by atoms with van der Waals surface area (Å²) in [5.74, 6) is 1.01. The maximum Gasteiger partial charge on any atom is 0.291 e. The van der Waals surface area contributed by atoms with Crippen molar-refractivity contribution in [3.05, 3.63) is 74.8 Å². The normalized spacial score (nSPS) is 12.4. The number of fused-ring (bicyclic) bond motifs is 1. The van der Waals surface area contributed by atoms with Crippen LogP contribution in [-0.4, -0.2) is 19.6 Å². The first-order valence-corrected chi connectivity index (χ1v) is 8.85. The molecule has 0 aliphatic heterocycles. The Morgan fingerprint density at radius 1 is 1.16 bits per heavy atom. The monoisotopic (exact) mass is 348 g/mol. The van der Waals surface area contributed by atoms with Crippen LogP contribution in [0.5, 0.6) is 0 Å². The van der Waals surface area contributed by atoms with Gasteiger partial charge in [0.15, 0.2) is 5.82 Å². The van der Waals surface area contributed by atoms with Crippen LogP contribution < -0.4 is 10.1 Å². The molecule has 0 bridgehead atoms. The molecule has 0 aliphatic carbocycles. The molecule has 0 spiro atoms. The molecule has 0 saturated heterocycles. The van der Waals surface area contributed by atoms with Crippen LogP contribution in [0.2, 0.25) is 0 Å². The molecule has 4 aromatic rings. The number of aromatic nitrogens is 4. The Kier molecular flexibility index (Phi) is 3.89. The quantitative estimate of drug-likeness (QED) is 0.571. The lowest BCUT2D eigenvalue weighted by atomic mass is 10.0. The molecule has 0 amide bonds. The average molecular weight is 348 g/mol. The van der Waals surface area contributed by atoms with E-state index in [4.69, 9.17) is 0 Å². The van der Waals surface area contributed by atoms with E-state index in [0.717, 1.165) is 11.1 Å². The number of benzene rings is 1. The largest absolute Gasteiger partial charge is 0.291 e. The smallest absolute Gasteiger partial charge is 0.266 e. The zero-order valence-corrected chi connectivity index (χ0v) is 14.7. The third-order valence-corrected chi connectivity index (χ3v) is 4.96. The van der Waals surface area contributed by atoms with Crippen molar-refractivity contribution in [3.63, 3.8) is 0 Å². The van der Waals surface area contributed by atoms with Crippen molar-refractivity contribution in [2.75, 3.05) is 0 Å². The summed E-state index contributed by atoms with van der Waals surface area (Å²) in [5.41, 5.74) is 2.94. The van der Waals surface area contributed by atoms with Gasteiger partial charge < -0.3 is 0 Å². The number of rotatable bonds is 3. The van der Waals surface area contributed by atoms with Gasteiger partial charge in [-0.15, -0.1) is 5.10 Å². The molecule has 1 aromatic carbocycles. The summed E-state index contributed by atoms with van der Waals surface area (Å²) < 4.78 is 1.99. The molecule has 0 unspecified atom stereocenters. The SMILES string of the molecule is CC(C)c1ccc(/C=c2/sc3nc(-c4cccnc4)nn3c2=O)cc1. The van der Waals surface area contributed by atoms with Crippen LogP contribution in [0.1, 0.15) is 30.9 Å². The Hall–Kier alpha value is -2.86. The minimum Gasteiger partial charge on any atom is -0.266 e. The zero-order chi connectivity index (χ0) is 17.4. The molecule has 4 rings (SSSR count). The molecule has 0 saturated carbocycles. The second kappa shape index (κ2) is 6.22. The van der Waals surface area contributed by atoms with Gasteiger partial charge in [-0.2, -0.15) is 9.50 Å². The van der Waals surface area contributed by atoms with Gasteiger partial charge in [-0.05, 0) is 35.3 Å². The van der Waals surface area contributed by atoms with E-state index in [2.05, 4.69) is 41.0 Å². The average Bonchev–Trinajstić information content (AvgIpc) is 3.16. The molecule has 0 atom stereocenters. The lowest BCUT2D eigenvalue weighted by Crippen LogP contribution is -2.23. The predicted octanol–water partition coefficient (Wildman–Crippen LogP) is 2.88. The highest BCUT2D eigenvalue weighted by molar-refractivity contribution is 7.15. The minimum atomic E-state index is -0.143. The Bertz CT molecular complexity index is 1130. The number of hydrogen-bond donors (Lipinski definition) is 0. The molecule has 0 aliphatic rings. The van der Waals surface area contributed by atoms with E-state index in [1.807, 2.05) is 30.3 Å². The van der Waals surface area contributed by atoms with Crippen LogP contribution in [0.25, 0.3) is 22.4 Å². The summed E-state index contributed by atoms with van der Waals surface area (Å²) >= 11 is 1.35. The Balaban J connectivity index is 1.75. The molecule has 5 nitrogen and oxygen atoms in total. The topological polar surface area (TPSA) is 60.1 Å². The van der Waals surface area contributed by atoms with E-state index in [1.54, 1.807) is 12.4 Å². The van der Waals surface area contributed by atoms with Crippen LogP contribution in [0.15, 0.2) is 53.6 Å². The number of nitrogens with zero attached hydrogens (tertiary/aromatic N) is 4. The Morgan fingerprint density at radius 2 is 1.96 bits per heavy atom. The van der Waals surface area contributed by atoms with Crippen molar-refractivity contribution in [2.24, 2.45) is 0 Å². The van der Waals surface area contributed by atoms with Crippen molar-refractivity contribution >= 4 is 22.4 Å². The lowest BCUT2D eigenvalue weighted by molar-refractivity contribution is 0.866. The molecule has 25 heavy (non-hydrogen) atoms. The van der Waals surface area contributed by atoms with Gasteiger partial charge in [0.25, 0.3) is 5.56 Å². The molecular formula is C19H16N4OS. The summed E-state index contributed by atoms with van der Waals surface area (Å²) in [6.45, 7) is 4.32. The van der Waals surface area contributed by atoms with Gasteiger partial charge in [0.05, 0.1) is 4.53 Å². The van der Waals surface area contributed by atoms with Crippen molar-refractivity contribution < 1.29 is 0 Å². The van der Waals surface area contributed by atoms with E-state index in [-0.39, 0.29) is 5.56 Å². The van der Waals surface area contributed by atoms with Gasteiger partial charge in [0.2, 0.25) is 4.96 Å². The van der Waals surface area contributed by atoms with E-state index in [9.17, 15) is 4.79 Å². The second-order valence-corrected chi connectivity index (χ2v) is 7.12. The first-order chi connectivity index (χ1) is 12.1. The highest BCUT2D eigenvalue weighted by Gasteiger charge is 2.11. The molecule has 0 radical (unpaired) electrons. The fraction of sp³-hybridized carbons (Fsp3) is 0.158. The van der Waals surface area contributed by atoms with Gasteiger partial charge in [0.1, 0.15) is 0 Å². The summed E-state index contributed by atoms with van der Waals surface area (Å²) in [6.07, 6.45) is 5.27. The second-order valence-electron chi connectivity index (χ2n) is 6.11. The van der Waals surface area contributed by atoms with Crippen LogP contribution in [0.3, 0.4) is 0 Å². The van der Waals surface area contributed by atoms with Crippen LogP contribution in [0.4, 0.5) is 0 Å². The summed E-state index contributed by atoms with van der Waals surface area (Å²) in [7, 11) is 0. The van der Waals surface area contributed by atoms with Gasteiger partial charge in [-0.3, -0.25) is 9.78 Å². The maximum absolute atomic E-state index is 12.6. The van der Waals surface area contributed by atoms with Crippen LogP contribution in [0, 0.1) is 0 Å². The first-order valence-electron chi connectivity index (χ1n) is 8.03. The first kappa shape index (κ1) is 15.7. The maximum atomic E-state index is 12.6. The summed E-state index contributed by atoms with van der Waals surface area (Å²) in [4.78, 5) is 21.7. The summed E-state index contributed by atoms with van der Waals surface area (Å²) in [6, 6.07) is 12.0. The van der Waals surface area contributed by atoms with E-state index in [0.29, 0.717) is 21.2 Å². The van der Waals surface area contributed by atoms with E-state index in [1.165, 1.54) is 21.4 Å². The van der Waals surface area contributed by atoms with Crippen LogP contribution >= 0.6 is 11.3 Å². The van der Waals surface area contributed by atoms with Gasteiger partial charge in [-0.1, -0.05) is 49.4 Å². The standard InChI is InChI=1S/C19H16N4OS/c1-12(2)14-7-5-13(6-8-14)10-16-18(24)23-19(25-16)21-17(22-23)15-4-3-9-20-11-15/h3-12H,1-2H3/b16-10+. The molecule has 0 N–H and O–H groups in total. The fourth-order valence-electron chi connectivity index (χ4n) is 2.58. The Labute approximate surface area is 148 Å². The minimum absolute atomic E-state index is 0.143. The molecule has 3 heterocycles. The van der Waals surface area contributed by atoms with Crippen molar-refractivity contribution in [2.45, 2.75) is 19.8 Å². The Morgan fingerprint density at radius 3 is 2.60 bits per heavy atom. The summed E-state index contributed by atoms with van der Waals surface area (Å²) in [5, 5.41) is 4.33. The van der Waals surface area contributed by atoms with Gasteiger partial charge in [-0.25, -0.2) is 0 Å². The third-order valence-electron chi connectivity index (χ3n) is 4.00. The van der Waals surface area contributed by atoms with Crippen LogP contribution in [-0.2, 0) is 0 Å². The molecule has 124 valence electrons. The number of thiazole rings is 1. The predicted molar refractivity (Wildman–Crippen MR) is 99.7 cm³/mol. The highest BCUT2D eigenvalue weighted by atomic mass is 32.1. The molecule has 0 fully saturated rings. The highest BCUT2D eigenvalue weighted by Crippen LogP contribution is 2.16. The van der Waals surface area contributed by atoms with Crippen molar-refractivity contribution in [1.29, 1.82) is 0 Å². The van der Waals surface area contributed by atoms with Gasteiger partial charge >= 0.3 is 0 Å².